The molecule has 36 heavy (non-hydrogen) atoms. The van der Waals surface area contributed by atoms with Crippen LogP contribution in [0.1, 0.15) is 37.7 Å². The largest absolute Gasteiger partial charge is 0.497 e. The fourth-order valence-corrected chi connectivity index (χ4v) is 6.39. The monoisotopic (exact) mass is 490 g/mol. The van der Waals surface area contributed by atoms with Gasteiger partial charge in [-0.1, -0.05) is 6.42 Å². The number of hydrogen-bond acceptors (Lipinski definition) is 7. The van der Waals surface area contributed by atoms with Crippen LogP contribution in [0.4, 0.5) is 0 Å². The Morgan fingerprint density at radius 2 is 1.86 bits per heavy atom. The van der Waals surface area contributed by atoms with Crippen molar-refractivity contribution in [3.63, 3.8) is 0 Å². The van der Waals surface area contributed by atoms with Crippen molar-refractivity contribution in [3.8, 4) is 28.4 Å². The highest BCUT2D eigenvalue weighted by Gasteiger charge is 2.35. The molecule has 0 saturated carbocycles. The summed E-state index contributed by atoms with van der Waals surface area (Å²) in [5.41, 5.74) is 2.26. The van der Waals surface area contributed by atoms with E-state index in [1.165, 1.54) is 45.2 Å². The average molecular weight is 491 g/mol. The molecular weight excluding hydrogens is 456 g/mol. The zero-order valence-corrected chi connectivity index (χ0v) is 21.1. The summed E-state index contributed by atoms with van der Waals surface area (Å²) in [6, 6.07) is 12.0. The maximum atomic E-state index is 13.2. The molecule has 7 nitrogen and oxygen atoms in total. The van der Waals surface area contributed by atoms with E-state index in [9.17, 15) is 4.79 Å². The van der Waals surface area contributed by atoms with Gasteiger partial charge in [0.2, 0.25) is 0 Å². The molecule has 2 unspecified atom stereocenters. The van der Waals surface area contributed by atoms with E-state index in [0.29, 0.717) is 46.9 Å². The van der Waals surface area contributed by atoms with Crippen LogP contribution in [-0.2, 0) is 6.54 Å². The normalized spacial score (nSPS) is 22.5. The first-order valence-electron chi connectivity index (χ1n) is 13.1. The lowest BCUT2D eigenvalue weighted by molar-refractivity contribution is 0.0146. The average Bonchev–Trinajstić information content (AvgIpc) is 2.92. The number of methoxy groups -OCH3 is 2. The van der Waals surface area contributed by atoms with Crippen molar-refractivity contribution in [1.82, 2.24) is 9.80 Å². The second kappa shape index (κ2) is 9.79. The van der Waals surface area contributed by atoms with Gasteiger partial charge in [0.05, 0.1) is 25.3 Å². The summed E-state index contributed by atoms with van der Waals surface area (Å²) in [6.07, 6.45) is 6.54. The van der Waals surface area contributed by atoms with Crippen LogP contribution in [0, 0.1) is 5.92 Å². The molecule has 0 amide bonds. The summed E-state index contributed by atoms with van der Waals surface area (Å²) in [5.74, 6) is 2.72. The Morgan fingerprint density at radius 3 is 2.72 bits per heavy atom. The Balaban J connectivity index is 1.31. The Kier molecular flexibility index (Phi) is 6.36. The van der Waals surface area contributed by atoms with E-state index in [4.69, 9.17) is 18.6 Å². The molecule has 0 bridgehead atoms. The first-order valence-corrected chi connectivity index (χ1v) is 13.1. The van der Waals surface area contributed by atoms with Crippen molar-refractivity contribution in [2.75, 3.05) is 40.6 Å². The smallest absolute Gasteiger partial charge is 0.344 e. The first kappa shape index (κ1) is 23.4. The molecule has 2 atom stereocenters. The molecule has 1 aromatic heterocycles. The van der Waals surface area contributed by atoms with Crippen LogP contribution in [-0.4, -0.2) is 56.4 Å². The SMILES string of the molecule is COc1ccc(OC)c(-c2cc3ccc4c(c3oc2=O)CN(CC2CCCN3CCCCC23)CO4)c1. The highest BCUT2D eigenvalue weighted by atomic mass is 16.5. The van der Waals surface area contributed by atoms with E-state index in [2.05, 4.69) is 9.80 Å². The van der Waals surface area contributed by atoms with Gasteiger partial charge in [-0.2, -0.15) is 0 Å². The molecule has 4 heterocycles. The molecule has 0 aliphatic carbocycles. The molecule has 0 N–H and O–H groups in total. The predicted molar refractivity (Wildman–Crippen MR) is 139 cm³/mol. The number of hydrogen-bond donors (Lipinski definition) is 0. The van der Waals surface area contributed by atoms with Gasteiger partial charge in [-0.15, -0.1) is 0 Å². The number of ether oxygens (including phenoxy) is 3. The van der Waals surface area contributed by atoms with E-state index in [0.717, 1.165) is 29.8 Å². The van der Waals surface area contributed by atoms with Crippen molar-refractivity contribution < 1.29 is 18.6 Å². The second-order valence-electron chi connectivity index (χ2n) is 10.3. The van der Waals surface area contributed by atoms with Gasteiger partial charge < -0.3 is 23.5 Å². The van der Waals surface area contributed by atoms with Gasteiger partial charge in [0.15, 0.2) is 0 Å². The van der Waals surface area contributed by atoms with E-state index in [1.54, 1.807) is 26.4 Å². The maximum absolute atomic E-state index is 13.2. The zero-order valence-electron chi connectivity index (χ0n) is 21.1. The standard InChI is InChI=1S/C29H34N2O5/c1-33-21-9-11-26(34-2)22(15-21)23-14-19-8-10-27-24(28(19)36-29(23)32)17-30(18-35-27)16-20-6-5-13-31-12-4-3-7-25(20)31/h8-11,14-15,20,25H,3-7,12-13,16-18H2,1-2H3. The lowest BCUT2D eigenvalue weighted by Gasteiger charge is -2.46. The molecule has 2 aromatic carbocycles. The van der Waals surface area contributed by atoms with Crippen LogP contribution in [0.5, 0.6) is 17.2 Å². The Labute approximate surface area is 211 Å². The number of rotatable bonds is 5. The third kappa shape index (κ3) is 4.24. The van der Waals surface area contributed by atoms with Crippen molar-refractivity contribution in [2.45, 2.75) is 44.7 Å². The first-order chi connectivity index (χ1) is 17.6. The quantitative estimate of drug-likeness (QED) is 0.472. The summed E-state index contributed by atoms with van der Waals surface area (Å²) in [4.78, 5) is 18.3. The summed E-state index contributed by atoms with van der Waals surface area (Å²) in [6.45, 7) is 4.80. The van der Waals surface area contributed by atoms with Gasteiger partial charge in [0.25, 0.3) is 0 Å². The number of nitrogens with zero attached hydrogens (tertiary/aromatic N) is 2. The molecule has 3 aliphatic heterocycles. The minimum Gasteiger partial charge on any atom is -0.497 e. The number of fused-ring (bicyclic) bond motifs is 4. The van der Waals surface area contributed by atoms with Crippen LogP contribution in [0.2, 0.25) is 0 Å². The zero-order chi connectivity index (χ0) is 24.6. The van der Waals surface area contributed by atoms with E-state index in [-0.39, 0.29) is 0 Å². The molecule has 2 fully saturated rings. The fraction of sp³-hybridized carbons (Fsp3) is 0.483. The molecule has 3 aromatic rings. The Morgan fingerprint density at radius 1 is 0.972 bits per heavy atom. The fourth-order valence-electron chi connectivity index (χ4n) is 6.39. The number of benzene rings is 2. The summed E-state index contributed by atoms with van der Waals surface area (Å²) in [7, 11) is 3.20. The maximum Gasteiger partial charge on any atom is 0.344 e. The second-order valence-corrected chi connectivity index (χ2v) is 10.3. The van der Waals surface area contributed by atoms with Crippen LogP contribution in [0.3, 0.4) is 0 Å². The predicted octanol–water partition coefficient (Wildman–Crippen LogP) is 4.89. The molecule has 190 valence electrons. The van der Waals surface area contributed by atoms with Crippen molar-refractivity contribution in [1.29, 1.82) is 0 Å². The minimum atomic E-state index is -0.398. The molecular formula is C29H34N2O5. The molecule has 6 rings (SSSR count). The topological polar surface area (TPSA) is 64.4 Å². The van der Waals surface area contributed by atoms with Crippen LogP contribution in [0.25, 0.3) is 22.1 Å². The lowest BCUT2D eigenvalue weighted by atomic mass is 9.83. The minimum absolute atomic E-state index is 0.398. The van der Waals surface area contributed by atoms with E-state index in [1.807, 2.05) is 24.3 Å². The molecule has 2 saturated heterocycles. The molecule has 3 aliphatic rings. The molecule has 7 heteroatoms. The van der Waals surface area contributed by atoms with Gasteiger partial charge in [-0.05, 0) is 81.1 Å². The highest BCUT2D eigenvalue weighted by molar-refractivity contribution is 5.87. The van der Waals surface area contributed by atoms with E-state index >= 15 is 0 Å². The number of piperidine rings is 2. The molecule has 0 radical (unpaired) electrons. The van der Waals surface area contributed by atoms with Gasteiger partial charge in [-0.3, -0.25) is 4.90 Å². The highest BCUT2D eigenvalue weighted by Crippen LogP contribution is 2.37. The van der Waals surface area contributed by atoms with Gasteiger partial charge in [0, 0.05) is 30.1 Å². The van der Waals surface area contributed by atoms with E-state index < -0.39 is 5.63 Å². The van der Waals surface area contributed by atoms with Crippen molar-refractivity contribution in [2.24, 2.45) is 5.92 Å². The third-order valence-electron chi connectivity index (χ3n) is 8.16. The van der Waals surface area contributed by atoms with Crippen LogP contribution in [0.15, 0.2) is 45.6 Å². The Bertz CT molecular complexity index is 1320. The van der Waals surface area contributed by atoms with Crippen LogP contribution < -0.4 is 19.8 Å². The van der Waals surface area contributed by atoms with Gasteiger partial charge in [-0.25, -0.2) is 4.79 Å². The van der Waals surface area contributed by atoms with Crippen molar-refractivity contribution in [3.05, 3.63) is 52.4 Å². The third-order valence-corrected chi connectivity index (χ3v) is 8.16. The summed E-state index contributed by atoms with van der Waals surface area (Å²) >= 11 is 0. The molecule has 0 spiro atoms. The van der Waals surface area contributed by atoms with Gasteiger partial charge >= 0.3 is 5.63 Å². The van der Waals surface area contributed by atoms with Crippen LogP contribution >= 0.6 is 0 Å². The summed E-state index contributed by atoms with van der Waals surface area (Å²) < 4.78 is 23.0. The lowest BCUT2D eigenvalue weighted by Crippen LogP contribution is -2.51. The van der Waals surface area contributed by atoms with Gasteiger partial charge in [0.1, 0.15) is 29.6 Å². The Hall–Kier alpha value is -3.03. The summed E-state index contributed by atoms with van der Waals surface area (Å²) in [5, 5.41) is 0.870. The van der Waals surface area contributed by atoms with Crippen molar-refractivity contribution >= 4 is 11.0 Å².